The molecule has 0 unspecified atom stereocenters. The van der Waals surface area contributed by atoms with Crippen LogP contribution in [-0.4, -0.2) is 37.0 Å². The van der Waals surface area contributed by atoms with Crippen molar-refractivity contribution in [2.45, 2.75) is 78.7 Å². The average molecular weight is 619 g/mol. The number of aryl methyl sites for hydroxylation is 3. The topological polar surface area (TPSA) is 71.2 Å². The molecule has 0 fully saturated rings. The number of carbonyl (C=O) groups excluding carboxylic acids is 1. The molecular weight excluding hydrogens is 581 g/mol. The zero-order valence-corrected chi connectivity index (χ0v) is 26.1. The van der Waals surface area contributed by atoms with Crippen LogP contribution in [0.2, 0.25) is 0 Å². The minimum absolute atomic E-state index is 0.177. The summed E-state index contributed by atoms with van der Waals surface area (Å²) in [5.74, 6) is 1.37. The molecular formula is C35H37F3N4O3. The molecule has 0 saturated carbocycles. The van der Waals surface area contributed by atoms with E-state index in [1.165, 1.54) is 10.9 Å². The van der Waals surface area contributed by atoms with Crippen molar-refractivity contribution in [3.05, 3.63) is 90.1 Å². The second kappa shape index (κ2) is 12.8. The molecule has 2 heterocycles. The van der Waals surface area contributed by atoms with Crippen LogP contribution in [0.4, 0.5) is 18.0 Å². The molecule has 0 aliphatic rings. The minimum atomic E-state index is -4.22. The predicted octanol–water partition coefficient (Wildman–Crippen LogP) is 9.14. The van der Waals surface area contributed by atoms with Crippen LogP contribution in [-0.2, 0) is 24.2 Å². The first-order valence-corrected chi connectivity index (χ1v) is 15.0. The van der Waals surface area contributed by atoms with E-state index in [4.69, 9.17) is 14.5 Å². The Hall–Kier alpha value is -4.60. The van der Waals surface area contributed by atoms with Crippen LogP contribution in [0.25, 0.3) is 33.4 Å². The van der Waals surface area contributed by atoms with Crippen molar-refractivity contribution in [2.75, 3.05) is 0 Å². The second-order valence-electron chi connectivity index (χ2n) is 12.1. The highest BCUT2D eigenvalue weighted by atomic mass is 19.4. The number of fused-ring (bicyclic) bond motifs is 1. The Morgan fingerprint density at radius 1 is 0.978 bits per heavy atom. The van der Waals surface area contributed by atoms with Crippen molar-refractivity contribution in [3.63, 3.8) is 0 Å². The van der Waals surface area contributed by atoms with Gasteiger partial charge in [0.2, 0.25) is 0 Å². The van der Waals surface area contributed by atoms with Crippen molar-refractivity contribution in [1.29, 1.82) is 0 Å². The fourth-order valence-electron chi connectivity index (χ4n) is 5.19. The van der Waals surface area contributed by atoms with Gasteiger partial charge in [0.05, 0.1) is 29.5 Å². The highest BCUT2D eigenvalue weighted by Gasteiger charge is 2.26. The fourth-order valence-corrected chi connectivity index (χ4v) is 5.19. The molecule has 0 amide bonds. The lowest BCUT2D eigenvalue weighted by atomic mass is 10.0. The maximum absolute atomic E-state index is 12.7. The number of benzene rings is 3. The lowest BCUT2D eigenvalue weighted by molar-refractivity contribution is -0.136. The number of halogens is 3. The SMILES string of the molecule is CCCc1nc2c(C)cc(-c3cn(CCC(F)(F)F)cn3)cc2n1Cc1ccc(-c2ccccc2OC(=O)OC(C)(C)C)cc1. The fraction of sp³-hybridized carbons (Fsp3) is 0.343. The first kappa shape index (κ1) is 31.8. The van der Waals surface area contributed by atoms with Gasteiger partial charge in [0.15, 0.2) is 0 Å². The van der Waals surface area contributed by atoms with Crippen LogP contribution in [0, 0.1) is 6.92 Å². The van der Waals surface area contributed by atoms with Crippen molar-refractivity contribution >= 4 is 17.2 Å². The van der Waals surface area contributed by atoms with E-state index in [1.807, 2.05) is 55.5 Å². The Bertz CT molecular complexity index is 1800. The van der Waals surface area contributed by atoms with Gasteiger partial charge in [-0.1, -0.05) is 49.4 Å². The Labute approximate surface area is 260 Å². The van der Waals surface area contributed by atoms with E-state index in [9.17, 15) is 18.0 Å². The number of para-hydroxylation sites is 1. The number of aromatic nitrogens is 4. The van der Waals surface area contributed by atoms with E-state index in [0.29, 0.717) is 18.0 Å². The van der Waals surface area contributed by atoms with Gasteiger partial charge in [-0.3, -0.25) is 0 Å². The first-order chi connectivity index (χ1) is 21.3. The minimum Gasteiger partial charge on any atom is -0.428 e. The molecule has 0 N–H and O–H groups in total. The summed E-state index contributed by atoms with van der Waals surface area (Å²) in [7, 11) is 0. The zero-order valence-electron chi connectivity index (χ0n) is 26.1. The van der Waals surface area contributed by atoms with Gasteiger partial charge in [-0.2, -0.15) is 13.2 Å². The van der Waals surface area contributed by atoms with Gasteiger partial charge in [-0.05, 0) is 69.0 Å². The van der Waals surface area contributed by atoms with Gasteiger partial charge in [-0.15, -0.1) is 0 Å². The van der Waals surface area contributed by atoms with E-state index >= 15 is 0 Å². The Balaban J connectivity index is 1.43. The summed E-state index contributed by atoms with van der Waals surface area (Å²) in [4.78, 5) is 21.7. The van der Waals surface area contributed by atoms with Crippen LogP contribution >= 0.6 is 0 Å². The summed E-state index contributed by atoms with van der Waals surface area (Å²) in [6, 6.07) is 19.4. The number of hydrogen-bond acceptors (Lipinski definition) is 5. The maximum Gasteiger partial charge on any atom is 0.514 e. The predicted molar refractivity (Wildman–Crippen MR) is 168 cm³/mol. The summed E-state index contributed by atoms with van der Waals surface area (Å²) < 4.78 is 52.8. The molecule has 45 heavy (non-hydrogen) atoms. The Kier molecular flexibility index (Phi) is 9.04. The highest BCUT2D eigenvalue weighted by Crippen LogP contribution is 2.32. The molecule has 0 bridgehead atoms. The third-order valence-corrected chi connectivity index (χ3v) is 7.26. The number of rotatable bonds is 9. The van der Waals surface area contributed by atoms with Gasteiger partial charge in [-0.25, -0.2) is 14.8 Å². The van der Waals surface area contributed by atoms with Crippen LogP contribution in [0.5, 0.6) is 5.75 Å². The van der Waals surface area contributed by atoms with Gasteiger partial charge in [0, 0.05) is 36.8 Å². The quantitative estimate of drug-likeness (QED) is 0.122. The van der Waals surface area contributed by atoms with Crippen molar-refractivity contribution in [1.82, 2.24) is 19.1 Å². The van der Waals surface area contributed by atoms with Crippen molar-refractivity contribution < 1.29 is 27.4 Å². The van der Waals surface area contributed by atoms with Crippen molar-refractivity contribution in [3.8, 4) is 28.1 Å². The molecule has 0 spiro atoms. The van der Waals surface area contributed by atoms with E-state index in [1.54, 1.807) is 39.1 Å². The van der Waals surface area contributed by atoms with E-state index in [-0.39, 0.29) is 6.54 Å². The number of alkyl halides is 3. The Morgan fingerprint density at radius 2 is 1.71 bits per heavy atom. The smallest absolute Gasteiger partial charge is 0.428 e. The summed E-state index contributed by atoms with van der Waals surface area (Å²) in [6.07, 6.45) is -1.08. The molecule has 0 radical (unpaired) electrons. The molecule has 5 aromatic rings. The molecule has 0 aliphatic carbocycles. The molecule has 236 valence electrons. The highest BCUT2D eigenvalue weighted by molar-refractivity contribution is 5.85. The van der Waals surface area contributed by atoms with E-state index in [2.05, 4.69) is 16.5 Å². The number of imidazole rings is 2. The first-order valence-electron chi connectivity index (χ1n) is 15.0. The third kappa shape index (κ3) is 7.92. The third-order valence-electron chi connectivity index (χ3n) is 7.26. The van der Waals surface area contributed by atoms with Gasteiger partial charge in [0.1, 0.15) is 17.2 Å². The number of nitrogens with zero attached hydrogens (tertiary/aromatic N) is 4. The molecule has 5 rings (SSSR count). The van der Waals surface area contributed by atoms with E-state index in [0.717, 1.165) is 57.5 Å². The van der Waals surface area contributed by atoms with Gasteiger partial charge < -0.3 is 18.6 Å². The molecule has 0 atom stereocenters. The zero-order chi connectivity index (χ0) is 32.4. The van der Waals surface area contributed by atoms with Crippen LogP contribution in [0.15, 0.2) is 73.2 Å². The molecule has 3 aromatic carbocycles. The molecule has 0 saturated heterocycles. The second-order valence-corrected chi connectivity index (χ2v) is 12.1. The van der Waals surface area contributed by atoms with Crippen LogP contribution in [0.3, 0.4) is 0 Å². The summed E-state index contributed by atoms with van der Waals surface area (Å²) in [5.41, 5.74) is 6.29. The number of hydrogen-bond donors (Lipinski definition) is 0. The molecule has 7 nitrogen and oxygen atoms in total. The van der Waals surface area contributed by atoms with Gasteiger partial charge in [0.25, 0.3) is 0 Å². The summed E-state index contributed by atoms with van der Waals surface area (Å²) >= 11 is 0. The van der Waals surface area contributed by atoms with E-state index < -0.39 is 24.4 Å². The summed E-state index contributed by atoms with van der Waals surface area (Å²) in [6.45, 7) is 9.85. The Morgan fingerprint density at radius 3 is 2.40 bits per heavy atom. The monoisotopic (exact) mass is 618 g/mol. The lowest BCUT2D eigenvalue weighted by Crippen LogP contribution is -2.26. The maximum atomic E-state index is 12.7. The molecule has 0 aliphatic heterocycles. The van der Waals surface area contributed by atoms with Gasteiger partial charge >= 0.3 is 12.3 Å². The van der Waals surface area contributed by atoms with Crippen LogP contribution < -0.4 is 4.74 Å². The average Bonchev–Trinajstić information content (AvgIpc) is 3.57. The lowest BCUT2D eigenvalue weighted by Gasteiger charge is -2.19. The van der Waals surface area contributed by atoms with Crippen LogP contribution in [0.1, 0.15) is 57.5 Å². The normalized spacial score (nSPS) is 12.1. The molecule has 10 heteroatoms. The number of carbonyl (C=O) groups is 1. The molecule has 2 aromatic heterocycles. The largest absolute Gasteiger partial charge is 0.514 e. The van der Waals surface area contributed by atoms with Crippen molar-refractivity contribution in [2.24, 2.45) is 0 Å². The number of ether oxygens (including phenoxy) is 2. The summed E-state index contributed by atoms with van der Waals surface area (Å²) in [5, 5.41) is 0. The standard InChI is InChI=1S/C35H37F3N4O3/c1-6-9-31-40-32-23(2)18-26(28-21-41(22-39-28)17-16-35(36,37)38)19-29(32)42(31)20-24-12-14-25(15-13-24)27-10-7-8-11-30(27)44-33(43)45-34(3,4)5/h7-8,10-15,18-19,21-22H,6,9,16-17,20H2,1-5H3.